The average Bonchev–Trinajstić information content (AvgIpc) is 2.70. The quantitative estimate of drug-likeness (QED) is 0.685. The van der Waals surface area contributed by atoms with Crippen molar-refractivity contribution in [1.29, 1.82) is 0 Å². The van der Waals surface area contributed by atoms with Crippen molar-refractivity contribution in [3.63, 3.8) is 0 Å². The molecule has 0 radical (unpaired) electrons. The van der Waals surface area contributed by atoms with Gasteiger partial charge in [-0.15, -0.1) is 0 Å². The number of nitrogens with one attached hydrogen (secondary N) is 2. The van der Waals surface area contributed by atoms with Crippen LogP contribution in [0.2, 0.25) is 0 Å². The molecule has 1 aliphatic heterocycles. The van der Waals surface area contributed by atoms with Gasteiger partial charge in [0.1, 0.15) is 5.82 Å². The topological polar surface area (TPSA) is 78.5 Å². The van der Waals surface area contributed by atoms with Crippen molar-refractivity contribution in [2.75, 3.05) is 26.2 Å². The van der Waals surface area contributed by atoms with E-state index in [0.717, 1.165) is 18.6 Å². The van der Waals surface area contributed by atoms with Gasteiger partial charge in [-0.25, -0.2) is 17.5 Å². The molecule has 6 nitrogen and oxygen atoms in total. The third-order valence-electron chi connectivity index (χ3n) is 4.98. The molecule has 3 rings (SSSR count). The highest BCUT2D eigenvalue weighted by atomic mass is 32.2. The molecular formula is C21H26FN3O3S. The van der Waals surface area contributed by atoms with Crippen molar-refractivity contribution < 1.29 is 17.6 Å². The van der Waals surface area contributed by atoms with Crippen LogP contribution in [0.5, 0.6) is 0 Å². The number of rotatable bonds is 8. The number of sulfonamides is 1. The van der Waals surface area contributed by atoms with E-state index in [4.69, 9.17) is 0 Å². The van der Waals surface area contributed by atoms with Crippen molar-refractivity contribution >= 4 is 15.9 Å². The highest BCUT2D eigenvalue weighted by Crippen LogP contribution is 2.15. The molecule has 156 valence electrons. The predicted molar refractivity (Wildman–Crippen MR) is 109 cm³/mol. The van der Waals surface area contributed by atoms with Gasteiger partial charge in [0.15, 0.2) is 0 Å². The van der Waals surface area contributed by atoms with Gasteiger partial charge in [-0.2, -0.15) is 0 Å². The molecule has 0 aromatic heterocycles. The van der Waals surface area contributed by atoms with E-state index in [1.54, 1.807) is 0 Å². The minimum absolute atomic E-state index is 0.0220. The van der Waals surface area contributed by atoms with Crippen LogP contribution in [0.4, 0.5) is 4.39 Å². The molecule has 0 atom stereocenters. The van der Waals surface area contributed by atoms with Crippen molar-refractivity contribution in [3.8, 4) is 0 Å². The maximum atomic E-state index is 13.0. The van der Waals surface area contributed by atoms with E-state index in [1.165, 1.54) is 17.7 Å². The Morgan fingerprint density at radius 1 is 1.03 bits per heavy atom. The maximum Gasteiger partial charge on any atom is 0.240 e. The van der Waals surface area contributed by atoms with Gasteiger partial charge >= 0.3 is 0 Å². The number of carbonyl (C=O) groups is 1. The number of nitrogens with zero attached hydrogens (tertiary/aromatic N) is 1. The summed E-state index contributed by atoms with van der Waals surface area (Å²) >= 11 is 0. The van der Waals surface area contributed by atoms with Crippen LogP contribution in [0, 0.1) is 5.82 Å². The number of piperidine rings is 1. The highest BCUT2D eigenvalue weighted by molar-refractivity contribution is 7.89. The first-order chi connectivity index (χ1) is 13.9. The fourth-order valence-electron chi connectivity index (χ4n) is 3.36. The number of hydrogen-bond acceptors (Lipinski definition) is 4. The standard InChI is InChI=1S/C21H26FN3O3S/c22-18-6-8-20(9-7-18)29(27,28)24-19-11-14-25(15-12-19)16-21(26)23-13-10-17-4-2-1-3-5-17/h1-9,19,24H,10-16H2,(H,23,26). The zero-order valence-corrected chi connectivity index (χ0v) is 17.0. The van der Waals surface area contributed by atoms with E-state index in [0.29, 0.717) is 39.0 Å². The first kappa shape index (κ1) is 21.4. The largest absolute Gasteiger partial charge is 0.355 e. The molecule has 1 heterocycles. The van der Waals surface area contributed by atoms with Crippen LogP contribution < -0.4 is 10.0 Å². The molecule has 1 fully saturated rings. The number of halogens is 1. The normalized spacial score (nSPS) is 15.9. The Morgan fingerprint density at radius 3 is 2.34 bits per heavy atom. The molecule has 2 N–H and O–H groups in total. The SMILES string of the molecule is O=C(CN1CCC(NS(=O)(=O)c2ccc(F)cc2)CC1)NCCc1ccccc1. The molecule has 2 aromatic carbocycles. The van der Waals surface area contributed by atoms with E-state index in [1.807, 2.05) is 35.2 Å². The molecule has 29 heavy (non-hydrogen) atoms. The lowest BCUT2D eigenvalue weighted by atomic mass is 10.1. The Kier molecular flexibility index (Phi) is 7.35. The highest BCUT2D eigenvalue weighted by Gasteiger charge is 2.25. The predicted octanol–water partition coefficient (Wildman–Crippen LogP) is 1.93. The van der Waals surface area contributed by atoms with Crippen molar-refractivity contribution in [3.05, 3.63) is 66.0 Å². The van der Waals surface area contributed by atoms with Gasteiger partial charge in [-0.1, -0.05) is 30.3 Å². The second-order valence-electron chi connectivity index (χ2n) is 7.21. The molecule has 8 heteroatoms. The van der Waals surface area contributed by atoms with Crippen LogP contribution >= 0.6 is 0 Å². The third-order valence-corrected chi connectivity index (χ3v) is 6.52. The van der Waals surface area contributed by atoms with Crippen LogP contribution in [0.15, 0.2) is 59.5 Å². The van der Waals surface area contributed by atoms with E-state index in [9.17, 15) is 17.6 Å². The smallest absolute Gasteiger partial charge is 0.240 e. The Morgan fingerprint density at radius 2 is 1.69 bits per heavy atom. The van der Waals surface area contributed by atoms with Crippen molar-refractivity contribution in [2.45, 2.75) is 30.2 Å². The van der Waals surface area contributed by atoms with Gasteiger partial charge in [0.05, 0.1) is 11.4 Å². The second kappa shape index (κ2) is 9.96. The van der Waals surface area contributed by atoms with Gasteiger partial charge in [0, 0.05) is 25.7 Å². The van der Waals surface area contributed by atoms with Crippen LogP contribution in [0.3, 0.4) is 0 Å². The third kappa shape index (κ3) is 6.62. The number of amides is 1. The Bertz CT molecular complexity index is 897. The lowest BCUT2D eigenvalue weighted by Gasteiger charge is -2.31. The fraction of sp³-hybridized carbons (Fsp3) is 0.381. The van der Waals surface area contributed by atoms with Gasteiger partial charge < -0.3 is 5.32 Å². The molecule has 0 bridgehead atoms. The molecule has 0 aliphatic carbocycles. The van der Waals surface area contributed by atoms with E-state index < -0.39 is 15.8 Å². The summed E-state index contributed by atoms with van der Waals surface area (Å²) in [6, 6.07) is 14.6. The lowest BCUT2D eigenvalue weighted by Crippen LogP contribution is -2.47. The zero-order valence-electron chi connectivity index (χ0n) is 16.2. The summed E-state index contributed by atoms with van der Waals surface area (Å²) in [5.74, 6) is -0.495. The van der Waals surface area contributed by atoms with E-state index in [-0.39, 0.29) is 16.8 Å². The number of likely N-dealkylation sites (tertiary alicyclic amines) is 1. The van der Waals surface area contributed by atoms with Crippen LogP contribution in [-0.2, 0) is 21.2 Å². The first-order valence-electron chi connectivity index (χ1n) is 9.73. The summed E-state index contributed by atoms with van der Waals surface area (Å²) in [5, 5.41) is 2.93. The van der Waals surface area contributed by atoms with Crippen molar-refractivity contribution in [1.82, 2.24) is 14.9 Å². The van der Waals surface area contributed by atoms with E-state index in [2.05, 4.69) is 10.0 Å². The van der Waals surface area contributed by atoms with Crippen molar-refractivity contribution in [2.24, 2.45) is 0 Å². The Balaban J connectivity index is 1.38. The van der Waals surface area contributed by atoms with Crippen LogP contribution in [0.25, 0.3) is 0 Å². The summed E-state index contributed by atoms with van der Waals surface area (Å²) in [7, 11) is -3.67. The molecule has 0 unspecified atom stereocenters. The average molecular weight is 420 g/mol. The molecule has 0 saturated carbocycles. The molecule has 1 saturated heterocycles. The molecule has 0 spiro atoms. The lowest BCUT2D eigenvalue weighted by molar-refractivity contribution is -0.122. The van der Waals surface area contributed by atoms with Gasteiger partial charge in [-0.05, 0) is 49.1 Å². The molecule has 1 aliphatic rings. The number of benzene rings is 2. The molecular weight excluding hydrogens is 393 g/mol. The maximum absolute atomic E-state index is 13.0. The summed E-state index contributed by atoms with van der Waals surface area (Å²) in [6.45, 7) is 2.19. The summed E-state index contributed by atoms with van der Waals surface area (Å²) in [6.07, 6.45) is 2.04. The Hall–Kier alpha value is -2.29. The minimum atomic E-state index is -3.67. The van der Waals surface area contributed by atoms with Gasteiger partial charge in [-0.3, -0.25) is 9.69 Å². The van der Waals surface area contributed by atoms with Crippen LogP contribution in [0.1, 0.15) is 18.4 Å². The summed E-state index contributed by atoms with van der Waals surface area (Å²) in [5.41, 5.74) is 1.18. The second-order valence-corrected chi connectivity index (χ2v) is 8.93. The summed E-state index contributed by atoms with van der Waals surface area (Å²) < 4.78 is 40.5. The fourth-order valence-corrected chi connectivity index (χ4v) is 4.67. The first-order valence-corrected chi connectivity index (χ1v) is 11.2. The Labute approximate surface area is 171 Å². The molecule has 1 amide bonds. The minimum Gasteiger partial charge on any atom is -0.355 e. The number of carbonyl (C=O) groups excluding carboxylic acids is 1. The summed E-state index contributed by atoms with van der Waals surface area (Å²) in [4.78, 5) is 14.2. The van der Waals surface area contributed by atoms with Crippen LogP contribution in [-0.4, -0.2) is 51.4 Å². The zero-order chi connectivity index (χ0) is 20.7. The van der Waals surface area contributed by atoms with Gasteiger partial charge in [0.25, 0.3) is 0 Å². The van der Waals surface area contributed by atoms with E-state index >= 15 is 0 Å². The molecule has 2 aromatic rings. The number of hydrogen-bond donors (Lipinski definition) is 2. The van der Waals surface area contributed by atoms with Gasteiger partial charge in [0.2, 0.25) is 15.9 Å². The monoisotopic (exact) mass is 419 g/mol.